The van der Waals surface area contributed by atoms with Crippen molar-refractivity contribution in [1.29, 1.82) is 0 Å². The molecule has 1 N–H and O–H groups in total. The van der Waals surface area contributed by atoms with E-state index in [9.17, 15) is 23.2 Å². The second-order valence-electron chi connectivity index (χ2n) is 7.20. The molecule has 28 heavy (non-hydrogen) atoms. The lowest BCUT2D eigenvalue weighted by atomic mass is 9.81. The topological polar surface area (TPSA) is 75.7 Å². The summed E-state index contributed by atoms with van der Waals surface area (Å²) in [6.07, 6.45) is 4.09. The van der Waals surface area contributed by atoms with Crippen molar-refractivity contribution in [3.63, 3.8) is 0 Å². The second-order valence-corrected chi connectivity index (χ2v) is 7.20. The number of fused-ring (bicyclic) bond motifs is 1. The van der Waals surface area contributed by atoms with Crippen LogP contribution in [0.5, 0.6) is 5.75 Å². The van der Waals surface area contributed by atoms with Crippen LogP contribution in [-0.4, -0.2) is 42.3 Å². The van der Waals surface area contributed by atoms with E-state index in [1.165, 1.54) is 17.0 Å². The van der Waals surface area contributed by atoms with E-state index in [0.29, 0.717) is 13.0 Å². The van der Waals surface area contributed by atoms with Gasteiger partial charge in [0.05, 0.1) is 11.8 Å². The number of alkyl halides is 2. The molecule has 2 atom stereocenters. The number of imide groups is 1. The van der Waals surface area contributed by atoms with Gasteiger partial charge in [0.1, 0.15) is 5.75 Å². The van der Waals surface area contributed by atoms with Crippen molar-refractivity contribution in [3.05, 3.63) is 29.8 Å². The lowest BCUT2D eigenvalue weighted by Crippen LogP contribution is -2.35. The molecule has 1 heterocycles. The highest BCUT2D eigenvalue weighted by molar-refractivity contribution is 6.05. The fraction of sp³-hybridized carbons (Fsp3) is 0.550. The Hall–Kier alpha value is -2.51. The van der Waals surface area contributed by atoms with Crippen LogP contribution < -0.4 is 10.1 Å². The van der Waals surface area contributed by atoms with Gasteiger partial charge in [-0.2, -0.15) is 8.78 Å². The monoisotopic (exact) mass is 394 g/mol. The molecule has 2 aliphatic rings. The van der Waals surface area contributed by atoms with Gasteiger partial charge in [0.2, 0.25) is 17.7 Å². The van der Waals surface area contributed by atoms with Crippen LogP contribution in [0.2, 0.25) is 0 Å². The van der Waals surface area contributed by atoms with Crippen LogP contribution in [0.3, 0.4) is 0 Å². The van der Waals surface area contributed by atoms with E-state index in [2.05, 4.69) is 10.1 Å². The highest BCUT2D eigenvalue weighted by Crippen LogP contribution is 2.37. The van der Waals surface area contributed by atoms with E-state index < -0.39 is 6.61 Å². The van der Waals surface area contributed by atoms with Crippen molar-refractivity contribution in [2.24, 2.45) is 11.8 Å². The van der Waals surface area contributed by atoms with Crippen LogP contribution in [0.25, 0.3) is 0 Å². The first kappa shape index (κ1) is 20.2. The van der Waals surface area contributed by atoms with Crippen molar-refractivity contribution in [1.82, 2.24) is 10.2 Å². The van der Waals surface area contributed by atoms with E-state index in [1.54, 1.807) is 12.1 Å². The Morgan fingerprint density at radius 2 is 1.71 bits per heavy atom. The first-order chi connectivity index (χ1) is 13.5. The fourth-order valence-electron chi connectivity index (χ4n) is 3.94. The van der Waals surface area contributed by atoms with Gasteiger partial charge in [-0.15, -0.1) is 0 Å². The first-order valence-corrected chi connectivity index (χ1v) is 9.61. The predicted octanol–water partition coefficient (Wildman–Crippen LogP) is 2.51. The highest BCUT2D eigenvalue weighted by atomic mass is 19.3. The minimum absolute atomic E-state index is 0.0814. The molecule has 2 unspecified atom stereocenters. The summed E-state index contributed by atoms with van der Waals surface area (Å²) in [5.41, 5.74) is 0.871. The zero-order valence-corrected chi connectivity index (χ0v) is 15.5. The third-order valence-electron chi connectivity index (χ3n) is 5.38. The van der Waals surface area contributed by atoms with Gasteiger partial charge in [0, 0.05) is 19.5 Å². The summed E-state index contributed by atoms with van der Waals surface area (Å²) in [5, 5.41) is 2.75. The van der Waals surface area contributed by atoms with Crippen molar-refractivity contribution in [2.45, 2.75) is 45.1 Å². The Balaban J connectivity index is 1.39. The fourth-order valence-corrected chi connectivity index (χ4v) is 3.94. The minimum Gasteiger partial charge on any atom is -0.435 e. The van der Waals surface area contributed by atoms with Crippen LogP contribution >= 0.6 is 0 Å². The molecule has 3 rings (SSSR count). The Kier molecular flexibility index (Phi) is 6.59. The molecule has 8 heteroatoms. The van der Waals surface area contributed by atoms with Gasteiger partial charge in [-0.1, -0.05) is 25.0 Å². The quantitative estimate of drug-likeness (QED) is 0.688. The number of likely N-dealkylation sites (tertiary alicyclic amines) is 1. The SMILES string of the molecule is O=C(CCN1C(=O)C2CCCCC2C1=O)NCCc1ccc(OC(F)F)cc1. The van der Waals surface area contributed by atoms with E-state index >= 15 is 0 Å². The molecule has 1 aliphatic carbocycles. The van der Waals surface area contributed by atoms with Crippen LogP contribution in [0.15, 0.2) is 24.3 Å². The molecular formula is C20H24F2N2O4. The van der Waals surface area contributed by atoms with Gasteiger partial charge in [-0.05, 0) is 37.0 Å². The summed E-state index contributed by atoms with van der Waals surface area (Å²) < 4.78 is 28.5. The van der Waals surface area contributed by atoms with Crippen LogP contribution in [-0.2, 0) is 20.8 Å². The zero-order valence-electron chi connectivity index (χ0n) is 15.5. The molecule has 1 saturated heterocycles. The molecule has 1 aromatic rings. The van der Waals surface area contributed by atoms with E-state index in [-0.39, 0.29) is 48.3 Å². The second kappa shape index (κ2) is 9.12. The first-order valence-electron chi connectivity index (χ1n) is 9.61. The van der Waals surface area contributed by atoms with Crippen molar-refractivity contribution >= 4 is 17.7 Å². The molecule has 0 bridgehead atoms. The number of ether oxygens (including phenoxy) is 1. The maximum atomic E-state index is 12.4. The number of amides is 3. The largest absolute Gasteiger partial charge is 0.435 e. The summed E-state index contributed by atoms with van der Waals surface area (Å²) in [7, 11) is 0. The lowest BCUT2D eigenvalue weighted by Gasteiger charge is -2.19. The van der Waals surface area contributed by atoms with Gasteiger partial charge < -0.3 is 10.1 Å². The average Bonchev–Trinajstić information content (AvgIpc) is 2.92. The molecular weight excluding hydrogens is 370 g/mol. The van der Waals surface area contributed by atoms with E-state index in [0.717, 1.165) is 31.2 Å². The Bertz CT molecular complexity index is 699. The summed E-state index contributed by atoms with van der Waals surface area (Å²) in [6, 6.07) is 6.22. The molecule has 6 nitrogen and oxygen atoms in total. The van der Waals surface area contributed by atoms with Gasteiger partial charge in [-0.25, -0.2) is 0 Å². The summed E-state index contributed by atoms with van der Waals surface area (Å²) in [5.74, 6) is -0.790. The number of hydrogen-bond acceptors (Lipinski definition) is 4. The Morgan fingerprint density at radius 1 is 1.11 bits per heavy atom. The summed E-state index contributed by atoms with van der Waals surface area (Å²) >= 11 is 0. The molecule has 0 spiro atoms. The number of carbonyl (C=O) groups excluding carboxylic acids is 3. The predicted molar refractivity (Wildman–Crippen MR) is 96.6 cm³/mol. The highest BCUT2D eigenvalue weighted by Gasteiger charge is 2.47. The molecule has 0 aromatic heterocycles. The minimum atomic E-state index is -2.86. The van der Waals surface area contributed by atoms with Crippen LogP contribution in [0.1, 0.15) is 37.7 Å². The molecule has 2 fully saturated rings. The van der Waals surface area contributed by atoms with Gasteiger partial charge in [-0.3, -0.25) is 19.3 Å². The van der Waals surface area contributed by atoms with Crippen molar-refractivity contribution < 1.29 is 27.9 Å². The number of rotatable bonds is 8. The van der Waals surface area contributed by atoms with Gasteiger partial charge in [0.15, 0.2) is 0 Å². The maximum absolute atomic E-state index is 12.4. The van der Waals surface area contributed by atoms with Crippen molar-refractivity contribution in [2.75, 3.05) is 13.1 Å². The number of nitrogens with one attached hydrogen (secondary N) is 1. The zero-order chi connectivity index (χ0) is 20.1. The molecule has 1 aromatic carbocycles. The van der Waals surface area contributed by atoms with Gasteiger partial charge >= 0.3 is 6.61 Å². The van der Waals surface area contributed by atoms with Crippen molar-refractivity contribution in [3.8, 4) is 5.75 Å². The molecule has 1 aliphatic heterocycles. The Morgan fingerprint density at radius 3 is 2.29 bits per heavy atom. The molecule has 1 saturated carbocycles. The lowest BCUT2D eigenvalue weighted by molar-refractivity contribution is -0.140. The molecule has 0 radical (unpaired) electrons. The number of carbonyl (C=O) groups is 3. The van der Waals surface area contributed by atoms with Crippen LogP contribution in [0, 0.1) is 11.8 Å². The average molecular weight is 394 g/mol. The maximum Gasteiger partial charge on any atom is 0.387 e. The molecule has 3 amide bonds. The van der Waals surface area contributed by atoms with E-state index in [1.807, 2.05) is 0 Å². The Labute approximate surface area is 162 Å². The number of hydrogen-bond donors (Lipinski definition) is 1. The van der Waals surface area contributed by atoms with E-state index in [4.69, 9.17) is 0 Å². The van der Waals surface area contributed by atoms with Gasteiger partial charge in [0.25, 0.3) is 0 Å². The molecule has 152 valence electrons. The summed E-state index contributed by atoms with van der Waals surface area (Å²) in [4.78, 5) is 38.0. The summed E-state index contributed by atoms with van der Waals surface area (Å²) in [6.45, 7) is -2.36. The number of nitrogens with zero attached hydrogens (tertiary/aromatic N) is 1. The van der Waals surface area contributed by atoms with Crippen LogP contribution in [0.4, 0.5) is 8.78 Å². The smallest absolute Gasteiger partial charge is 0.387 e. The third-order valence-corrected chi connectivity index (χ3v) is 5.38. The normalized spacial score (nSPS) is 21.8. The third kappa shape index (κ3) is 4.85. The number of benzene rings is 1. The standard InChI is InChI=1S/C20H24F2N2O4/c21-20(22)28-14-7-5-13(6-8-14)9-11-23-17(25)10-12-24-18(26)15-3-1-2-4-16(15)19(24)27/h5-8,15-16,20H,1-4,9-12H2,(H,23,25). The number of halogens is 2.